The third-order valence-electron chi connectivity index (χ3n) is 6.08. The second-order valence-electron chi connectivity index (χ2n) is 7.78. The van der Waals surface area contributed by atoms with Gasteiger partial charge in [-0.3, -0.25) is 4.79 Å². The fourth-order valence-electron chi connectivity index (χ4n) is 4.15. The van der Waals surface area contributed by atoms with Crippen LogP contribution in [0.3, 0.4) is 0 Å². The van der Waals surface area contributed by atoms with Gasteiger partial charge in [0.2, 0.25) is 5.91 Å². The summed E-state index contributed by atoms with van der Waals surface area (Å²) in [5.41, 5.74) is 3.87. The van der Waals surface area contributed by atoms with E-state index < -0.39 is 0 Å². The Morgan fingerprint density at radius 3 is 2.57 bits per heavy atom. The van der Waals surface area contributed by atoms with Crippen LogP contribution in [0.5, 0.6) is 0 Å². The molecule has 2 aromatic carbocycles. The monoisotopic (exact) mass is 375 g/mol. The number of aliphatic hydroxyl groups is 1. The maximum absolute atomic E-state index is 12.1. The predicted molar refractivity (Wildman–Crippen MR) is 107 cm³/mol. The van der Waals surface area contributed by atoms with Gasteiger partial charge in [0, 0.05) is 30.5 Å². The normalized spacial score (nSPS) is 23.9. The topological polar surface area (TPSA) is 85.2 Å². The van der Waals surface area contributed by atoms with Crippen molar-refractivity contribution in [2.45, 2.75) is 37.3 Å². The summed E-state index contributed by atoms with van der Waals surface area (Å²) in [5.74, 6) is 0.522. The lowest BCUT2D eigenvalue weighted by atomic mass is 9.77. The standard InChI is InChI=1S/C23H25N3O2/c24-12-15-3-1-6-19(11-15)16-7-9-17(10-8-16)22-20(26-21(22)14-27)13-25-23(28)18-4-2-5-18/h1,3,6-11,18,20-22,26-27H,2,4-5,13-14H2,(H,25,28)/t20-,21+,22+/m0/s1. The molecule has 28 heavy (non-hydrogen) atoms. The molecule has 144 valence electrons. The Kier molecular flexibility index (Phi) is 5.43. The highest BCUT2D eigenvalue weighted by Crippen LogP contribution is 2.33. The molecule has 2 aliphatic rings. The van der Waals surface area contributed by atoms with Crippen molar-refractivity contribution in [1.82, 2.24) is 10.6 Å². The Morgan fingerprint density at radius 2 is 1.93 bits per heavy atom. The molecule has 5 heteroatoms. The first-order valence-corrected chi connectivity index (χ1v) is 9.94. The molecule has 1 saturated carbocycles. The van der Waals surface area contributed by atoms with Gasteiger partial charge in [0.05, 0.1) is 18.2 Å². The van der Waals surface area contributed by atoms with Gasteiger partial charge in [-0.25, -0.2) is 0 Å². The van der Waals surface area contributed by atoms with Gasteiger partial charge in [0.1, 0.15) is 0 Å². The highest BCUT2D eigenvalue weighted by atomic mass is 16.3. The summed E-state index contributed by atoms with van der Waals surface area (Å²) >= 11 is 0. The lowest BCUT2D eigenvalue weighted by Crippen LogP contribution is -2.65. The molecule has 3 N–H and O–H groups in total. The summed E-state index contributed by atoms with van der Waals surface area (Å²) in [6, 6.07) is 18.2. The largest absolute Gasteiger partial charge is 0.395 e. The molecule has 0 spiro atoms. The quantitative estimate of drug-likeness (QED) is 0.724. The molecule has 4 rings (SSSR count). The number of hydrogen-bond donors (Lipinski definition) is 3. The first-order chi connectivity index (χ1) is 13.7. The summed E-state index contributed by atoms with van der Waals surface area (Å²) in [6.45, 7) is 0.659. The molecule has 0 bridgehead atoms. The van der Waals surface area contributed by atoms with Crippen LogP contribution in [0, 0.1) is 17.2 Å². The maximum atomic E-state index is 12.1. The van der Waals surface area contributed by atoms with Gasteiger partial charge >= 0.3 is 0 Å². The van der Waals surface area contributed by atoms with E-state index in [2.05, 4.69) is 41.0 Å². The van der Waals surface area contributed by atoms with E-state index in [1.807, 2.05) is 18.2 Å². The van der Waals surface area contributed by atoms with Crippen molar-refractivity contribution in [2.75, 3.05) is 13.2 Å². The molecule has 1 saturated heterocycles. The highest BCUT2D eigenvalue weighted by molar-refractivity contribution is 5.79. The molecule has 5 nitrogen and oxygen atoms in total. The maximum Gasteiger partial charge on any atom is 0.223 e. The van der Waals surface area contributed by atoms with Crippen LogP contribution in [0.1, 0.15) is 36.3 Å². The van der Waals surface area contributed by atoms with Gasteiger partial charge in [-0.2, -0.15) is 5.26 Å². The number of carbonyl (C=O) groups is 1. The molecule has 1 heterocycles. The molecule has 2 aromatic rings. The fraction of sp³-hybridized carbons (Fsp3) is 0.391. The van der Waals surface area contributed by atoms with Crippen molar-refractivity contribution in [3.63, 3.8) is 0 Å². The van der Waals surface area contributed by atoms with Gasteiger partial charge < -0.3 is 15.7 Å². The fourth-order valence-corrected chi connectivity index (χ4v) is 4.15. The first kappa shape index (κ1) is 18.7. The zero-order valence-electron chi connectivity index (χ0n) is 15.8. The lowest BCUT2D eigenvalue weighted by molar-refractivity contribution is -0.127. The molecular weight excluding hydrogens is 350 g/mol. The van der Waals surface area contributed by atoms with Gasteiger partial charge in [-0.05, 0) is 41.7 Å². The van der Waals surface area contributed by atoms with Crippen LogP contribution >= 0.6 is 0 Å². The summed E-state index contributed by atoms with van der Waals surface area (Å²) < 4.78 is 0. The molecular formula is C23H25N3O2. The number of nitriles is 1. The Hall–Kier alpha value is -2.68. The molecule has 3 atom stereocenters. The summed E-state index contributed by atoms with van der Waals surface area (Å²) in [6.07, 6.45) is 3.15. The summed E-state index contributed by atoms with van der Waals surface area (Å²) in [4.78, 5) is 12.1. The van der Waals surface area contributed by atoms with Crippen LogP contribution in [-0.2, 0) is 4.79 Å². The highest BCUT2D eigenvalue weighted by Gasteiger charge is 2.41. The molecule has 2 fully saturated rings. The van der Waals surface area contributed by atoms with Crippen molar-refractivity contribution >= 4 is 5.91 Å². The third kappa shape index (κ3) is 3.66. The van der Waals surface area contributed by atoms with E-state index in [1.165, 1.54) is 0 Å². The minimum Gasteiger partial charge on any atom is -0.395 e. The predicted octanol–water partition coefficient (Wildman–Crippen LogP) is 2.56. The van der Waals surface area contributed by atoms with E-state index in [-0.39, 0.29) is 36.4 Å². The molecule has 0 unspecified atom stereocenters. The van der Waals surface area contributed by atoms with E-state index in [4.69, 9.17) is 5.26 Å². The van der Waals surface area contributed by atoms with Gasteiger partial charge in [0.15, 0.2) is 0 Å². The third-order valence-corrected chi connectivity index (χ3v) is 6.08. The first-order valence-electron chi connectivity index (χ1n) is 9.94. The molecule has 0 aromatic heterocycles. The molecule has 1 aliphatic heterocycles. The minimum atomic E-state index is 0.0124. The number of aliphatic hydroxyl groups excluding tert-OH is 1. The van der Waals surface area contributed by atoms with E-state index in [1.54, 1.807) is 6.07 Å². The van der Waals surface area contributed by atoms with E-state index >= 15 is 0 Å². The average molecular weight is 375 g/mol. The number of benzene rings is 2. The van der Waals surface area contributed by atoms with Crippen molar-refractivity contribution in [1.29, 1.82) is 5.26 Å². The van der Waals surface area contributed by atoms with Gasteiger partial charge in [-0.15, -0.1) is 0 Å². The average Bonchev–Trinajstić information content (AvgIpc) is 2.66. The summed E-state index contributed by atoms with van der Waals surface area (Å²) in [7, 11) is 0. The Labute approximate surface area is 165 Å². The van der Waals surface area contributed by atoms with Gasteiger partial charge in [-0.1, -0.05) is 42.8 Å². The van der Waals surface area contributed by atoms with Crippen molar-refractivity contribution in [3.05, 3.63) is 59.7 Å². The van der Waals surface area contributed by atoms with Crippen LogP contribution in [0.2, 0.25) is 0 Å². The number of carbonyl (C=O) groups excluding carboxylic acids is 1. The smallest absolute Gasteiger partial charge is 0.223 e. The molecule has 1 aliphatic carbocycles. The van der Waals surface area contributed by atoms with Crippen LogP contribution < -0.4 is 10.6 Å². The van der Waals surface area contributed by atoms with E-state index in [0.29, 0.717) is 12.1 Å². The van der Waals surface area contributed by atoms with Crippen molar-refractivity contribution in [2.24, 2.45) is 5.92 Å². The van der Waals surface area contributed by atoms with Crippen LogP contribution in [0.15, 0.2) is 48.5 Å². The number of amides is 1. The molecule has 0 radical (unpaired) electrons. The van der Waals surface area contributed by atoms with Crippen LogP contribution in [0.25, 0.3) is 11.1 Å². The summed E-state index contributed by atoms with van der Waals surface area (Å²) in [5, 5.41) is 25.2. The van der Waals surface area contributed by atoms with Crippen LogP contribution in [0.4, 0.5) is 0 Å². The van der Waals surface area contributed by atoms with Crippen LogP contribution in [-0.4, -0.2) is 36.2 Å². The van der Waals surface area contributed by atoms with E-state index in [0.717, 1.165) is 36.0 Å². The van der Waals surface area contributed by atoms with Crippen molar-refractivity contribution in [3.8, 4) is 17.2 Å². The van der Waals surface area contributed by atoms with E-state index in [9.17, 15) is 9.90 Å². The van der Waals surface area contributed by atoms with Gasteiger partial charge in [0.25, 0.3) is 0 Å². The number of nitrogens with zero attached hydrogens (tertiary/aromatic N) is 1. The van der Waals surface area contributed by atoms with Crippen molar-refractivity contribution < 1.29 is 9.90 Å². The SMILES string of the molecule is N#Cc1cccc(-c2ccc([C@@H]3[C@H](CNC(=O)C4CCC4)N[C@@H]3CO)cc2)c1. The Morgan fingerprint density at radius 1 is 1.14 bits per heavy atom. The molecule has 1 amide bonds. The second-order valence-corrected chi connectivity index (χ2v) is 7.78. The zero-order chi connectivity index (χ0) is 19.5. The lowest BCUT2D eigenvalue weighted by Gasteiger charge is -2.46. The minimum absolute atomic E-state index is 0.0124. The zero-order valence-corrected chi connectivity index (χ0v) is 15.8. The number of nitrogens with one attached hydrogen (secondary N) is 2. The number of rotatable bonds is 6. The Balaban J connectivity index is 1.44. The number of hydrogen-bond acceptors (Lipinski definition) is 4. The Bertz CT molecular complexity index is 883. The second kappa shape index (κ2) is 8.14.